The maximum absolute atomic E-state index is 10.2. The molecular formula is C7H12N2O5. The maximum atomic E-state index is 10.2. The van der Waals surface area contributed by atoms with E-state index < -0.39 is 35.7 Å². The molecule has 0 amide bonds. The van der Waals surface area contributed by atoms with Crippen LogP contribution >= 0.6 is 0 Å². The van der Waals surface area contributed by atoms with E-state index in [4.69, 9.17) is 31.2 Å². The van der Waals surface area contributed by atoms with Gasteiger partial charge < -0.3 is 31.2 Å². The normalized spacial score (nSPS) is 16.9. The van der Waals surface area contributed by atoms with Crippen molar-refractivity contribution in [2.24, 2.45) is 0 Å². The molecular weight excluding hydrogens is 192 g/mol. The molecule has 0 saturated carbocycles. The van der Waals surface area contributed by atoms with Crippen LogP contribution in [0, 0.1) is 10.8 Å². The van der Waals surface area contributed by atoms with E-state index in [0.29, 0.717) is 0 Å². The molecule has 0 aromatic rings. The minimum absolute atomic E-state index is 0.629. The summed E-state index contributed by atoms with van der Waals surface area (Å²) in [6.45, 7) is 1.19. The SMILES string of the molecule is CC(O)C(=N)C(O)C(=N)C(O)C(=O)O. The lowest BCUT2D eigenvalue weighted by atomic mass is 10.0. The Labute approximate surface area is 79.6 Å². The zero-order valence-corrected chi connectivity index (χ0v) is 7.43. The summed E-state index contributed by atoms with van der Waals surface area (Å²) in [4.78, 5) is 10.2. The second-order valence-electron chi connectivity index (χ2n) is 2.73. The summed E-state index contributed by atoms with van der Waals surface area (Å²) in [7, 11) is 0. The number of carboxylic acids is 1. The number of hydrogen-bond donors (Lipinski definition) is 6. The lowest BCUT2D eigenvalue weighted by Gasteiger charge is -2.17. The Morgan fingerprint density at radius 2 is 1.50 bits per heavy atom. The van der Waals surface area contributed by atoms with E-state index in [0.717, 1.165) is 0 Å². The Kier molecular flexibility index (Phi) is 4.35. The van der Waals surface area contributed by atoms with Crippen molar-refractivity contribution in [1.29, 1.82) is 10.8 Å². The van der Waals surface area contributed by atoms with Crippen LogP contribution in [0.1, 0.15) is 6.92 Å². The van der Waals surface area contributed by atoms with Crippen LogP contribution in [0.15, 0.2) is 0 Å². The van der Waals surface area contributed by atoms with Crippen LogP contribution in [-0.2, 0) is 4.79 Å². The molecule has 7 heteroatoms. The number of hydrogen-bond acceptors (Lipinski definition) is 6. The van der Waals surface area contributed by atoms with E-state index in [9.17, 15) is 4.79 Å². The third-order valence-corrected chi connectivity index (χ3v) is 1.57. The number of carboxylic acid groups (broad SMARTS) is 1. The summed E-state index contributed by atoms with van der Waals surface area (Å²) in [6.07, 6.45) is -5.34. The highest BCUT2D eigenvalue weighted by Crippen LogP contribution is 1.99. The second-order valence-corrected chi connectivity index (χ2v) is 2.73. The van der Waals surface area contributed by atoms with Gasteiger partial charge >= 0.3 is 5.97 Å². The van der Waals surface area contributed by atoms with Gasteiger partial charge in [-0.15, -0.1) is 0 Å². The first kappa shape index (κ1) is 12.7. The Hall–Kier alpha value is -1.31. The van der Waals surface area contributed by atoms with Crippen molar-refractivity contribution in [2.45, 2.75) is 25.2 Å². The average molecular weight is 204 g/mol. The zero-order valence-electron chi connectivity index (χ0n) is 7.43. The van der Waals surface area contributed by atoms with Gasteiger partial charge in [0.15, 0.2) is 6.10 Å². The number of nitrogens with one attached hydrogen (secondary N) is 2. The zero-order chi connectivity index (χ0) is 11.5. The largest absolute Gasteiger partial charge is 0.479 e. The molecule has 0 rings (SSSR count). The summed E-state index contributed by atoms with van der Waals surface area (Å²) in [5.74, 6) is -1.69. The molecule has 3 atom stereocenters. The highest BCUT2D eigenvalue weighted by molar-refractivity contribution is 6.16. The summed E-state index contributed by atoms with van der Waals surface area (Å²) in [6, 6.07) is 0. The van der Waals surface area contributed by atoms with Crippen LogP contribution in [-0.4, -0.2) is 56.1 Å². The standard InChI is InChI=1S/C7H12N2O5/c1-2(10)3(8)5(11)4(9)6(12)7(13)14/h2,5-6,8-12H,1H3,(H,13,14). The fourth-order valence-electron chi connectivity index (χ4n) is 0.679. The molecule has 0 spiro atoms. The van der Waals surface area contributed by atoms with Crippen LogP contribution in [0.4, 0.5) is 0 Å². The summed E-state index contributed by atoms with van der Waals surface area (Å²) < 4.78 is 0. The number of aliphatic hydroxyl groups excluding tert-OH is 3. The molecule has 3 unspecified atom stereocenters. The third-order valence-electron chi connectivity index (χ3n) is 1.57. The lowest BCUT2D eigenvalue weighted by Crippen LogP contribution is -2.44. The van der Waals surface area contributed by atoms with Gasteiger partial charge in [0.05, 0.1) is 17.5 Å². The third kappa shape index (κ3) is 2.87. The van der Waals surface area contributed by atoms with Gasteiger partial charge in [0.25, 0.3) is 0 Å². The molecule has 0 aromatic heterocycles. The smallest absolute Gasteiger partial charge is 0.338 e. The first-order valence-corrected chi connectivity index (χ1v) is 3.72. The minimum atomic E-state index is -2.16. The molecule has 0 aliphatic rings. The van der Waals surface area contributed by atoms with Crippen LogP contribution in [0.25, 0.3) is 0 Å². The number of rotatable bonds is 5. The molecule has 0 fully saturated rings. The predicted molar refractivity (Wildman–Crippen MR) is 46.8 cm³/mol. The Morgan fingerprint density at radius 3 is 1.79 bits per heavy atom. The number of aliphatic carboxylic acids is 1. The van der Waals surface area contributed by atoms with Gasteiger partial charge in [-0.25, -0.2) is 4.79 Å². The van der Waals surface area contributed by atoms with Crippen molar-refractivity contribution >= 4 is 17.4 Å². The summed E-state index contributed by atoms with van der Waals surface area (Å²) in [5, 5.41) is 49.2. The van der Waals surface area contributed by atoms with Crippen molar-refractivity contribution in [3.8, 4) is 0 Å². The molecule has 0 heterocycles. The molecule has 0 radical (unpaired) electrons. The summed E-state index contributed by atoms with van der Waals surface area (Å²) in [5.41, 5.74) is -1.57. The van der Waals surface area contributed by atoms with E-state index in [-0.39, 0.29) is 0 Å². The van der Waals surface area contributed by atoms with Gasteiger partial charge in [0, 0.05) is 0 Å². The van der Waals surface area contributed by atoms with Gasteiger partial charge in [0.2, 0.25) is 0 Å². The first-order chi connectivity index (χ1) is 6.29. The molecule has 0 saturated heterocycles. The Bertz CT molecular complexity index is 263. The van der Waals surface area contributed by atoms with E-state index >= 15 is 0 Å². The monoisotopic (exact) mass is 204 g/mol. The minimum Gasteiger partial charge on any atom is -0.479 e. The molecule has 6 N–H and O–H groups in total. The average Bonchev–Trinajstić information content (AvgIpc) is 2.12. The number of aliphatic hydroxyl groups is 3. The topological polar surface area (TPSA) is 146 Å². The Balaban J connectivity index is 4.55. The number of carbonyl (C=O) groups is 1. The van der Waals surface area contributed by atoms with Crippen LogP contribution in [0.2, 0.25) is 0 Å². The second kappa shape index (κ2) is 4.80. The van der Waals surface area contributed by atoms with Gasteiger partial charge in [0.1, 0.15) is 6.10 Å². The highest BCUT2D eigenvalue weighted by atomic mass is 16.4. The van der Waals surface area contributed by atoms with Crippen LogP contribution < -0.4 is 0 Å². The molecule has 0 bridgehead atoms. The van der Waals surface area contributed by atoms with Crippen LogP contribution in [0.3, 0.4) is 0 Å². The fraction of sp³-hybridized carbons (Fsp3) is 0.571. The van der Waals surface area contributed by atoms with Crippen molar-refractivity contribution in [3.63, 3.8) is 0 Å². The van der Waals surface area contributed by atoms with E-state index in [2.05, 4.69) is 0 Å². The molecule has 0 aliphatic heterocycles. The van der Waals surface area contributed by atoms with Crippen molar-refractivity contribution < 1.29 is 25.2 Å². The predicted octanol–water partition coefficient (Wildman–Crippen LogP) is -1.79. The molecule has 14 heavy (non-hydrogen) atoms. The van der Waals surface area contributed by atoms with Gasteiger partial charge in [-0.05, 0) is 6.92 Å². The lowest BCUT2D eigenvalue weighted by molar-refractivity contribution is -0.143. The molecule has 0 aliphatic carbocycles. The van der Waals surface area contributed by atoms with Crippen LogP contribution in [0.5, 0.6) is 0 Å². The van der Waals surface area contributed by atoms with E-state index in [1.807, 2.05) is 0 Å². The first-order valence-electron chi connectivity index (χ1n) is 3.72. The van der Waals surface area contributed by atoms with E-state index in [1.54, 1.807) is 0 Å². The van der Waals surface area contributed by atoms with Gasteiger partial charge in [-0.2, -0.15) is 0 Å². The van der Waals surface area contributed by atoms with Gasteiger partial charge in [-0.1, -0.05) is 0 Å². The highest BCUT2D eigenvalue weighted by Gasteiger charge is 2.29. The van der Waals surface area contributed by atoms with Crippen molar-refractivity contribution in [3.05, 3.63) is 0 Å². The molecule has 0 aromatic carbocycles. The molecule has 7 nitrogen and oxygen atoms in total. The maximum Gasteiger partial charge on any atom is 0.338 e. The van der Waals surface area contributed by atoms with Crippen molar-refractivity contribution in [2.75, 3.05) is 0 Å². The quantitative estimate of drug-likeness (QED) is 0.293. The van der Waals surface area contributed by atoms with E-state index in [1.165, 1.54) is 6.92 Å². The fourth-order valence-corrected chi connectivity index (χ4v) is 0.679. The van der Waals surface area contributed by atoms with Gasteiger partial charge in [-0.3, -0.25) is 0 Å². The Morgan fingerprint density at radius 1 is 1.07 bits per heavy atom. The summed E-state index contributed by atoms with van der Waals surface area (Å²) >= 11 is 0. The van der Waals surface area contributed by atoms with Crippen molar-refractivity contribution in [1.82, 2.24) is 0 Å². The molecule has 80 valence electrons.